The largest absolute Gasteiger partial charge is 0.497 e. The summed E-state index contributed by atoms with van der Waals surface area (Å²) in [4.78, 5) is 15.3. The van der Waals surface area contributed by atoms with Crippen molar-refractivity contribution in [3.8, 4) is 27.7 Å². The van der Waals surface area contributed by atoms with Gasteiger partial charge in [-0.25, -0.2) is 0 Å². The highest BCUT2D eigenvalue weighted by atomic mass is 32.1. The maximum Gasteiger partial charge on any atom is 0.262 e. The Bertz CT molecular complexity index is 1490. The number of amides is 1. The van der Waals surface area contributed by atoms with Crippen LogP contribution in [0.15, 0.2) is 72.8 Å². The lowest BCUT2D eigenvalue weighted by atomic mass is 9.63. The van der Waals surface area contributed by atoms with E-state index in [0.29, 0.717) is 4.88 Å². The summed E-state index contributed by atoms with van der Waals surface area (Å²) < 4.78 is 16.6. The Hall–Kier alpha value is -3.77. The summed E-state index contributed by atoms with van der Waals surface area (Å²) in [6.07, 6.45) is 2.28. The Morgan fingerprint density at radius 1 is 0.732 bits per heavy atom. The topological polar surface area (TPSA) is 56.8 Å². The van der Waals surface area contributed by atoms with E-state index in [2.05, 4.69) is 45.1 Å². The summed E-state index contributed by atoms with van der Waals surface area (Å²) in [5, 5.41) is 3.27. The molecule has 0 radical (unpaired) electrons. The number of methoxy groups -OCH3 is 3. The van der Waals surface area contributed by atoms with Crippen LogP contribution in [0.5, 0.6) is 17.2 Å². The fourth-order valence-corrected chi connectivity index (χ4v) is 6.64. The van der Waals surface area contributed by atoms with Gasteiger partial charge in [-0.1, -0.05) is 52.0 Å². The molecule has 0 saturated carbocycles. The fraction of sp³-hybridized carbons (Fsp3) is 0.343. The quantitative estimate of drug-likeness (QED) is 0.232. The molecule has 1 heterocycles. The van der Waals surface area contributed by atoms with Crippen molar-refractivity contribution in [2.45, 2.75) is 57.4 Å². The molecule has 0 atom stereocenters. The van der Waals surface area contributed by atoms with E-state index in [1.165, 1.54) is 22.5 Å². The molecule has 1 aliphatic rings. The van der Waals surface area contributed by atoms with E-state index in [0.717, 1.165) is 51.7 Å². The van der Waals surface area contributed by atoms with Crippen LogP contribution < -0.4 is 19.5 Å². The van der Waals surface area contributed by atoms with E-state index in [1.54, 1.807) is 21.3 Å². The molecule has 214 valence electrons. The highest BCUT2D eigenvalue weighted by Gasteiger charge is 2.38. The Balaban J connectivity index is 1.48. The lowest BCUT2D eigenvalue weighted by molar-refractivity contribution is 0.0947. The van der Waals surface area contributed by atoms with Crippen molar-refractivity contribution in [1.82, 2.24) is 5.32 Å². The molecule has 41 heavy (non-hydrogen) atoms. The number of benzene rings is 3. The molecule has 6 heteroatoms. The molecule has 0 spiro atoms. The summed E-state index contributed by atoms with van der Waals surface area (Å²) in [5.74, 6) is 2.25. The van der Waals surface area contributed by atoms with Gasteiger partial charge in [0.05, 0.1) is 32.2 Å². The first-order chi connectivity index (χ1) is 19.6. The van der Waals surface area contributed by atoms with Crippen LogP contribution in [0.4, 0.5) is 0 Å². The predicted molar refractivity (Wildman–Crippen MR) is 167 cm³/mol. The van der Waals surface area contributed by atoms with Crippen LogP contribution >= 0.6 is 11.3 Å². The maximum absolute atomic E-state index is 13.7. The SMILES string of the molecule is COc1ccc(C(NC(=O)c2ccc(-c3cc4c(cc3OC)C(C)(C)CCC4(C)C)s2)c2ccc(OC)cc2)cc1. The summed E-state index contributed by atoms with van der Waals surface area (Å²) in [6, 6.07) is 23.7. The van der Waals surface area contributed by atoms with E-state index in [9.17, 15) is 4.79 Å². The summed E-state index contributed by atoms with van der Waals surface area (Å²) in [6.45, 7) is 9.28. The van der Waals surface area contributed by atoms with Crippen molar-refractivity contribution in [2.75, 3.05) is 21.3 Å². The minimum Gasteiger partial charge on any atom is -0.497 e. The minimum absolute atomic E-state index is 0.0767. The average Bonchev–Trinajstić information content (AvgIpc) is 3.48. The van der Waals surface area contributed by atoms with E-state index in [4.69, 9.17) is 14.2 Å². The summed E-state index contributed by atoms with van der Waals surface area (Å²) in [5.41, 5.74) is 5.84. The third-order valence-corrected chi connectivity index (χ3v) is 9.56. The molecule has 5 rings (SSSR count). The highest BCUT2D eigenvalue weighted by Crippen LogP contribution is 2.49. The molecule has 0 unspecified atom stereocenters. The average molecular weight is 570 g/mol. The number of nitrogens with one attached hydrogen (secondary N) is 1. The smallest absolute Gasteiger partial charge is 0.262 e. The van der Waals surface area contributed by atoms with Crippen LogP contribution in [0.2, 0.25) is 0 Å². The van der Waals surface area contributed by atoms with Crippen molar-refractivity contribution >= 4 is 17.2 Å². The van der Waals surface area contributed by atoms with Crippen LogP contribution in [-0.4, -0.2) is 27.2 Å². The molecule has 1 amide bonds. The van der Waals surface area contributed by atoms with Crippen LogP contribution in [0.3, 0.4) is 0 Å². The van der Waals surface area contributed by atoms with Crippen LogP contribution in [0, 0.1) is 0 Å². The van der Waals surface area contributed by atoms with E-state index in [1.807, 2.05) is 60.7 Å². The van der Waals surface area contributed by atoms with E-state index in [-0.39, 0.29) is 22.8 Å². The Labute approximate surface area is 247 Å². The second kappa shape index (κ2) is 11.2. The lowest BCUT2D eigenvalue weighted by Crippen LogP contribution is -2.33. The molecule has 0 bridgehead atoms. The van der Waals surface area contributed by atoms with Crippen molar-refractivity contribution in [2.24, 2.45) is 0 Å². The molecule has 1 aromatic heterocycles. The van der Waals surface area contributed by atoms with Crippen molar-refractivity contribution in [3.63, 3.8) is 0 Å². The van der Waals surface area contributed by atoms with Crippen LogP contribution in [-0.2, 0) is 10.8 Å². The molecule has 5 nitrogen and oxygen atoms in total. The molecule has 3 aromatic carbocycles. The standard InChI is InChI=1S/C35H39NO4S/c1-34(2)18-19-35(3,4)28-21-29(40-7)26(20-27(28)34)30-16-17-31(41-30)33(37)36-32(22-8-12-24(38-5)13-9-22)23-10-14-25(39-6)15-11-23/h8-17,20-21,32H,18-19H2,1-7H3,(H,36,37). The van der Waals surface area contributed by atoms with Gasteiger partial charge in [-0.2, -0.15) is 0 Å². The highest BCUT2D eigenvalue weighted by molar-refractivity contribution is 7.17. The zero-order valence-electron chi connectivity index (χ0n) is 25.0. The van der Waals surface area contributed by atoms with Crippen LogP contribution in [0.1, 0.15) is 78.5 Å². The number of carbonyl (C=O) groups excluding carboxylic acids is 1. The normalized spacial score (nSPS) is 15.2. The third kappa shape index (κ3) is 5.71. The Morgan fingerprint density at radius 3 is 1.73 bits per heavy atom. The number of rotatable bonds is 8. The van der Waals surface area contributed by atoms with Gasteiger partial charge in [0.1, 0.15) is 17.2 Å². The van der Waals surface area contributed by atoms with Gasteiger partial charge in [-0.3, -0.25) is 4.79 Å². The number of thiophene rings is 1. The third-order valence-electron chi connectivity index (χ3n) is 8.44. The number of ether oxygens (including phenoxy) is 3. The molecular formula is C35H39NO4S. The molecule has 4 aromatic rings. The minimum atomic E-state index is -0.342. The first kappa shape index (κ1) is 28.7. The molecule has 1 N–H and O–H groups in total. The molecule has 0 aliphatic heterocycles. The lowest BCUT2D eigenvalue weighted by Gasteiger charge is -2.42. The second-order valence-electron chi connectivity index (χ2n) is 12.0. The molecule has 1 aliphatic carbocycles. The molecular weight excluding hydrogens is 530 g/mol. The first-order valence-corrected chi connectivity index (χ1v) is 14.8. The number of hydrogen-bond donors (Lipinski definition) is 1. The fourth-order valence-electron chi connectivity index (χ4n) is 5.71. The Morgan fingerprint density at radius 2 is 1.24 bits per heavy atom. The van der Waals surface area contributed by atoms with Gasteiger partial charge in [0.25, 0.3) is 5.91 Å². The van der Waals surface area contributed by atoms with Gasteiger partial charge in [-0.05, 0) is 94.5 Å². The van der Waals surface area contributed by atoms with E-state index < -0.39 is 0 Å². The van der Waals surface area contributed by atoms with Crippen molar-refractivity contribution in [1.29, 1.82) is 0 Å². The summed E-state index contributed by atoms with van der Waals surface area (Å²) in [7, 11) is 5.01. The van der Waals surface area contributed by atoms with Crippen LogP contribution in [0.25, 0.3) is 10.4 Å². The van der Waals surface area contributed by atoms with Crippen molar-refractivity contribution in [3.05, 3.63) is 99.9 Å². The van der Waals surface area contributed by atoms with Gasteiger partial charge in [-0.15, -0.1) is 11.3 Å². The van der Waals surface area contributed by atoms with Crippen molar-refractivity contribution < 1.29 is 19.0 Å². The summed E-state index contributed by atoms with van der Waals surface area (Å²) >= 11 is 1.49. The zero-order valence-corrected chi connectivity index (χ0v) is 25.8. The van der Waals surface area contributed by atoms with Gasteiger partial charge in [0.2, 0.25) is 0 Å². The van der Waals surface area contributed by atoms with Gasteiger partial charge in [0, 0.05) is 10.4 Å². The monoisotopic (exact) mass is 569 g/mol. The predicted octanol–water partition coefficient (Wildman–Crippen LogP) is 8.31. The number of carbonyl (C=O) groups is 1. The number of hydrogen-bond acceptors (Lipinski definition) is 5. The zero-order chi connectivity index (χ0) is 29.4. The molecule has 0 fully saturated rings. The number of fused-ring (bicyclic) bond motifs is 1. The molecule has 0 saturated heterocycles. The first-order valence-electron chi connectivity index (χ1n) is 14.0. The van der Waals surface area contributed by atoms with E-state index >= 15 is 0 Å². The second-order valence-corrected chi connectivity index (χ2v) is 13.1. The van der Waals surface area contributed by atoms with Gasteiger partial charge < -0.3 is 19.5 Å². The Kier molecular flexibility index (Phi) is 7.89. The maximum atomic E-state index is 13.7. The van der Waals surface area contributed by atoms with Gasteiger partial charge in [0.15, 0.2) is 0 Å². The van der Waals surface area contributed by atoms with Gasteiger partial charge >= 0.3 is 0 Å².